The average Bonchev–Trinajstić information content (AvgIpc) is 3.01. The number of carbonyl (C=O) groups excluding carboxylic acids is 1. The Balaban J connectivity index is 1.72. The molecule has 1 aromatic carbocycles. The molecule has 0 saturated heterocycles. The Kier molecular flexibility index (Phi) is 4.22. The Bertz CT molecular complexity index is 885. The van der Waals surface area contributed by atoms with Gasteiger partial charge < -0.3 is 5.32 Å². The molecule has 3 aromatic rings. The molecule has 2 heterocycles. The topological polar surface area (TPSA) is 72.7 Å². The van der Waals surface area contributed by atoms with E-state index in [1.807, 2.05) is 0 Å². The summed E-state index contributed by atoms with van der Waals surface area (Å²) >= 11 is 0. The molecule has 0 aliphatic carbocycles. The zero-order chi connectivity index (χ0) is 18.0. The molecular weight excluding hydrogens is 335 g/mol. The number of nitrogens with zero attached hydrogens (tertiary/aromatic N) is 4. The zero-order valence-electron chi connectivity index (χ0n) is 12.9. The van der Waals surface area contributed by atoms with Gasteiger partial charge in [-0.1, -0.05) is 0 Å². The molecule has 0 saturated carbocycles. The fourth-order valence-corrected chi connectivity index (χ4v) is 2.13. The first kappa shape index (κ1) is 16.6. The third-order valence-corrected chi connectivity index (χ3v) is 3.43. The number of hydrogen-bond donors (Lipinski definition) is 1. The van der Waals surface area contributed by atoms with Crippen molar-refractivity contribution in [3.63, 3.8) is 0 Å². The molecule has 2 aromatic heterocycles. The van der Waals surface area contributed by atoms with E-state index in [-0.39, 0.29) is 11.4 Å². The van der Waals surface area contributed by atoms with Crippen LogP contribution in [0.1, 0.15) is 21.9 Å². The number of halogens is 3. The molecular formula is C16H12F3N5O. The summed E-state index contributed by atoms with van der Waals surface area (Å²) < 4.78 is 39.3. The van der Waals surface area contributed by atoms with Crippen LogP contribution in [-0.4, -0.2) is 25.7 Å². The van der Waals surface area contributed by atoms with Crippen LogP contribution in [0.15, 0.2) is 48.8 Å². The number of alkyl halides is 3. The summed E-state index contributed by atoms with van der Waals surface area (Å²) in [7, 11) is 0. The highest BCUT2D eigenvalue weighted by molar-refractivity contribution is 6.02. The van der Waals surface area contributed by atoms with E-state index in [1.54, 1.807) is 30.0 Å². The number of benzene rings is 1. The average molecular weight is 347 g/mol. The number of nitrogens with one attached hydrogen (secondary N) is 1. The number of aryl methyl sites for hydroxylation is 1. The second-order valence-corrected chi connectivity index (χ2v) is 5.15. The molecule has 0 aliphatic rings. The van der Waals surface area contributed by atoms with Gasteiger partial charge in [0.1, 0.15) is 5.82 Å². The lowest BCUT2D eigenvalue weighted by molar-refractivity contribution is -0.137. The number of aromatic nitrogens is 4. The fourth-order valence-electron chi connectivity index (χ4n) is 2.13. The van der Waals surface area contributed by atoms with Crippen LogP contribution in [-0.2, 0) is 6.18 Å². The highest BCUT2D eigenvalue weighted by Crippen LogP contribution is 2.29. The second-order valence-electron chi connectivity index (χ2n) is 5.15. The SMILES string of the molecule is Cc1nccn1-c1ccc(C(=O)Nc2ccc(C(F)(F)F)cc2)nn1. The van der Waals surface area contributed by atoms with Gasteiger partial charge in [0.2, 0.25) is 0 Å². The van der Waals surface area contributed by atoms with Gasteiger partial charge >= 0.3 is 6.18 Å². The molecule has 9 heteroatoms. The minimum absolute atomic E-state index is 0.0430. The molecule has 0 aliphatic heterocycles. The maximum absolute atomic E-state index is 12.5. The molecule has 25 heavy (non-hydrogen) atoms. The van der Waals surface area contributed by atoms with E-state index >= 15 is 0 Å². The van der Waals surface area contributed by atoms with Crippen molar-refractivity contribution in [2.45, 2.75) is 13.1 Å². The van der Waals surface area contributed by atoms with Gasteiger partial charge in [0.25, 0.3) is 5.91 Å². The van der Waals surface area contributed by atoms with Crippen LogP contribution in [0, 0.1) is 6.92 Å². The minimum atomic E-state index is -4.42. The predicted molar refractivity (Wildman–Crippen MR) is 83.3 cm³/mol. The van der Waals surface area contributed by atoms with Gasteiger partial charge in [-0.2, -0.15) is 13.2 Å². The number of carbonyl (C=O) groups is 1. The Morgan fingerprint density at radius 2 is 1.80 bits per heavy atom. The second kappa shape index (κ2) is 6.34. The Labute approximate surface area is 140 Å². The zero-order valence-corrected chi connectivity index (χ0v) is 12.9. The van der Waals surface area contributed by atoms with Crippen LogP contribution in [0.4, 0.5) is 18.9 Å². The number of anilines is 1. The lowest BCUT2D eigenvalue weighted by Gasteiger charge is -2.09. The highest BCUT2D eigenvalue weighted by atomic mass is 19.4. The molecule has 0 bridgehead atoms. The summed E-state index contributed by atoms with van der Waals surface area (Å²) in [6, 6.07) is 7.22. The van der Waals surface area contributed by atoms with Gasteiger partial charge in [-0.25, -0.2) is 4.98 Å². The van der Waals surface area contributed by atoms with Crippen LogP contribution in [0.5, 0.6) is 0 Å². The molecule has 1 amide bonds. The molecule has 128 valence electrons. The van der Waals surface area contributed by atoms with Gasteiger partial charge in [0, 0.05) is 18.1 Å². The van der Waals surface area contributed by atoms with Gasteiger partial charge in [-0.3, -0.25) is 9.36 Å². The van der Waals surface area contributed by atoms with E-state index in [0.29, 0.717) is 5.82 Å². The van der Waals surface area contributed by atoms with Crippen LogP contribution >= 0.6 is 0 Å². The molecule has 0 atom stereocenters. The Morgan fingerprint density at radius 1 is 1.08 bits per heavy atom. The normalized spacial score (nSPS) is 11.4. The Morgan fingerprint density at radius 3 is 2.32 bits per heavy atom. The fraction of sp³-hybridized carbons (Fsp3) is 0.125. The summed E-state index contributed by atoms with van der Waals surface area (Å²) in [6.45, 7) is 1.80. The van der Waals surface area contributed by atoms with Crippen molar-refractivity contribution in [1.82, 2.24) is 19.7 Å². The van der Waals surface area contributed by atoms with Crippen molar-refractivity contribution >= 4 is 11.6 Å². The van der Waals surface area contributed by atoms with Crippen molar-refractivity contribution in [1.29, 1.82) is 0 Å². The standard InChI is InChI=1S/C16H12F3N5O/c1-10-20-8-9-24(10)14-7-6-13(22-23-14)15(25)21-12-4-2-11(3-5-12)16(17,18)19/h2-9H,1H3,(H,21,25). The highest BCUT2D eigenvalue weighted by Gasteiger charge is 2.30. The van der Waals surface area contributed by atoms with E-state index in [9.17, 15) is 18.0 Å². The Hall–Kier alpha value is -3.23. The van der Waals surface area contributed by atoms with Crippen LogP contribution in [0.25, 0.3) is 5.82 Å². The molecule has 1 N–H and O–H groups in total. The van der Waals surface area contributed by atoms with E-state index < -0.39 is 17.6 Å². The lowest BCUT2D eigenvalue weighted by atomic mass is 10.2. The minimum Gasteiger partial charge on any atom is -0.321 e. The first-order valence-corrected chi connectivity index (χ1v) is 7.17. The van der Waals surface area contributed by atoms with Crippen LogP contribution in [0.2, 0.25) is 0 Å². The quantitative estimate of drug-likeness (QED) is 0.789. The molecule has 3 rings (SSSR count). The largest absolute Gasteiger partial charge is 0.416 e. The van der Waals surface area contributed by atoms with E-state index in [1.165, 1.54) is 18.2 Å². The summed E-state index contributed by atoms with van der Waals surface area (Å²) in [5.41, 5.74) is -0.513. The number of hydrogen-bond acceptors (Lipinski definition) is 4. The molecule has 0 unspecified atom stereocenters. The van der Waals surface area contributed by atoms with E-state index in [0.717, 1.165) is 18.0 Å². The van der Waals surface area contributed by atoms with Crippen molar-refractivity contribution in [3.05, 3.63) is 65.9 Å². The van der Waals surface area contributed by atoms with Crippen molar-refractivity contribution in [2.24, 2.45) is 0 Å². The monoisotopic (exact) mass is 347 g/mol. The molecule has 0 radical (unpaired) electrons. The number of imidazole rings is 1. The summed E-state index contributed by atoms with van der Waals surface area (Å²) in [6.07, 6.45) is -1.10. The van der Waals surface area contributed by atoms with Crippen LogP contribution < -0.4 is 5.32 Å². The summed E-state index contributed by atoms with van der Waals surface area (Å²) in [5.74, 6) is 0.651. The van der Waals surface area contributed by atoms with E-state index in [4.69, 9.17) is 0 Å². The van der Waals surface area contributed by atoms with Crippen molar-refractivity contribution in [2.75, 3.05) is 5.32 Å². The van der Waals surface area contributed by atoms with Gasteiger partial charge in [-0.05, 0) is 43.3 Å². The van der Waals surface area contributed by atoms with Crippen molar-refractivity contribution in [3.8, 4) is 5.82 Å². The number of rotatable bonds is 3. The third kappa shape index (κ3) is 3.65. The first-order valence-electron chi connectivity index (χ1n) is 7.17. The molecule has 6 nitrogen and oxygen atoms in total. The van der Waals surface area contributed by atoms with Gasteiger partial charge in [-0.15, -0.1) is 10.2 Å². The maximum atomic E-state index is 12.5. The lowest BCUT2D eigenvalue weighted by Crippen LogP contribution is -2.15. The van der Waals surface area contributed by atoms with Crippen molar-refractivity contribution < 1.29 is 18.0 Å². The molecule has 0 spiro atoms. The number of amides is 1. The smallest absolute Gasteiger partial charge is 0.321 e. The summed E-state index contributed by atoms with van der Waals surface area (Å²) in [4.78, 5) is 16.2. The van der Waals surface area contributed by atoms with E-state index in [2.05, 4.69) is 20.5 Å². The van der Waals surface area contributed by atoms with Gasteiger partial charge in [0.05, 0.1) is 5.56 Å². The first-order chi connectivity index (χ1) is 11.8. The molecule has 0 fully saturated rings. The summed E-state index contributed by atoms with van der Waals surface area (Å²) in [5, 5.41) is 10.3. The maximum Gasteiger partial charge on any atom is 0.416 e. The van der Waals surface area contributed by atoms with Crippen LogP contribution in [0.3, 0.4) is 0 Å². The van der Waals surface area contributed by atoms with Gasteiger partial charge in [0.15, 0.2) is 11.5 Å². The predicted octanol–water partition coefficient (Wildman–Crippen LogP) is 3.24. The third-order valence-electron chi connectivity index (χ3n) is 3.43.